The molecule has 21 heavy (non-hydrogen) atoms. The van der Waals surface area contributed by atoms with Crippen molar-refractivity contribution < 1.29 is 19.0 Å². The van der Waals surface area contributed by atoms with E-state index in [9.17, 15) is 9.18 Å². The summed E-state index contributed by atoms with van der Waals surface area (Å²) in [6.07, 6.45) is 1.45. The van der Waals surface area contributed by atoms with Crippen LogP contribution in [0.3, 0.4) is 0 Å². The number of aliphatic hydroxyl groups excluding tert-OH is 1. The zero-order valence-electron chi connectivity index (χ0n) is 11.3. The van der Waals surface area contributed by atoms with Crippen LogP contribution in [0.5, 0.6) is 0 Å². The van der Waals surface area contributed by atoms with E-state index in [0.717, 1.165) is 0 Å². The first-order chi connectivity index (χ1) is 10.1. The second-order valence-electron chi connectivity index (χ2n) is 4.21. The Morgan fingerprint density at radius 2 is 2.29 bits per heavy atom. The molecule has 0 aliphatic rings. The number of imidazole rings is 1. The average Bonchev–Trinajstić information content (AvgIpc) is 2.83. The summed E-state index contributed by atoms with van der Waals surface area (Å²) in [4.78, 5) is 15.9. The van der Waals surface area contributed by atoms with Gasteiger partial charge in [-0.25, -0.2) is 14.2 Å². The number of esters is 1. The third-order valence-corrected chi connectivity index (χ3v) is 3.27. The first-order valence-corrected chi connectivity index (χ1v) is 7.16. The molecule has 5 nitrogen and oxygen atoms in total. The minimum absolute atomic E-state index is 0.0858. The zero-order chi connectivity index (χ0) is 15.4. The van der Waals surface area contributed by atoms with Gasteiger partial charge in [0.1, 0.15) is 11.6 Å². The van der Waals surface area contributed by atoms with Crippen LogP contribution in [0.25, 0.3) is 11.4 Å². The smallest absolute Gasteiger partial charge is 0.358 e. The van der Waals surface area contributed by atoms with Gasteiger partial charge in [-0.05, 0) is 25.1 Å². The van der Waals surface area contributed by atoms with Gasteiger partial charge in [-0.3, -0.25) is 0 Å². The molecule has 0 unspecified atom stereocenters. The maximum Gasteiger partial charge on any atom is 0.358 e. The molecule has 7 heteroatoms. The third kappa shape index (κ3) is 3.48. The van der Waals surface area contributed by atoms with Crippen molar-refractivity contribution in [3.8, 4) is 11.4 Å². The minimum atomic E-state index is -0.576. The highest BCUT2D eigenvalue weighted by Gasteiger charge is 2.18. The summed E-state index contributed by atoms with van der Waals surface area (Å²) in [5.74, 6) is -0.769. The minimum Gasteiger partial charge on any atom is -0.461 e. The van der Waals surface area contributed by atoms with Crippen molar-refractivity contribution in [3.05, 3.63) is 40.4 Å². The van der Waals surface area contributed by atoms with Crippen LogP contribution in [0, 0.1) is 5.82 Å². The Hall–Kier alpha value is -1.73. The van der Waals surface area contributed by atoms with E-state index in [0.29, 0.717) is 4.47 Å². The molecular weight excluding hydrogens is 343 g/mol. The van der Waals surface area contributed by atoms with Crippen LogP contribution >= 0.6 is 15.9 Å². The molecule has 0 aliphatic heterocycles. The lowest BCUT2D eigenvalue weighted by Gasteiger charge is -2.06. The number of nitrogens with zero attached hydrogens (tertiary/aromatic N) is 2. The SMILES string of the molecule is CCOC(=O)c1cn(CCO)c(-c2ccc(Br)cc2F)n1. The highest BCUT2D eigenvalue weighted by atomic mass is 79.9. The van der Waals surface area contributed by atoms with Crippen molar-refractivity contribution in [3.63, 3.8) is 0 Å². The fourth-order valence-electron chi connectivity index (χ4n) is 1.88. The summed E-state index contributed by atoms with van der Waals surface area (Å²) < 4.78 is 21.1. The van der Waals surface area contributed by atoms with E-state index >= 15 is 0 Å². The Morgan fingerprint density at radius 1 is 1.52 bits per heavy atom. The predicted molar refractivity (Wildman–Crippen MR) is 78.4 cm³/mol. The zero-order valence-corrected chi connectivity index (χ0v) is 12.9. The number of rotatable bonds is 5. The largest absolute Gasteiger partial charge is 0.461 e. The standard InChI is InChI=1S/C14H14BrFN2O3/c1-2-21-14(20)12-8-18(5-6-19)13(17-12)10-4-3-9(15)7-11(10)16/h3-4,7-8,19H,2,5-6H2,1H3. The number of aromatic nitrogens is 2. The third-order valence-electron chi connectivity index (χ3n) is 2.77. The highest BCUT2D eigenvalue weighted by Crippen LogP contribution is 2.25. The lowest BCUT2D eigenvalue weighted by Crippen LogP contribution is -2.05. The number of hydrogen-bond acceptors (Lipinski definition) is 4. The van der Waals surface area contributed by atoms with E-state index in [4.69, 9.17) is 9.84 Å². The second-order valence-corrected chi connectivity index (χ2v) is 5.13. The van der Waals surface area contributed by atoms with E-state index in [2.05, 4.69) is 20.9 Å². The molecule has 0 bridgehead atoms. The lowest BCUT2D eigenvalue weighted by atomic mass is 10.2. The number of ether oxygens (including phenoxy) is 1. The Kier molecular flexibility index (Phi) is 5.08. The van der Waals surface area contributed by atoms with Crippen LogP contribution in [0.2, 0.25) is 0 Å². The van der Waals surface area contributed by atoms with Crippen LogP contribution < -0.4 is 0 Å². The molecule has 2 aromatic rings. The molecule has 1 heterocycles. The number of benzene rings is 1. The molecule has 1 aromatic carbocycles. The summed E-state index contributed by atoms with van der Waals surface area (Å²) in [5.41, 5.74) is 0.338. The van der Waals surface area contributed by atoms with E-state index in [1.54, 1.807) is 19.1 Å². The van der Waals surface area contributed by atoms with Gasteiger partial charge >= 0.3 is 5.97 Å². The van der Waals surface area contributed by atoms with Gasteiger partial charge in [-0.1, -0.05) is 15.9 Å². The maximum absolute atomic E-state index is 14.1. The van der Waals surface area contributed by atoms with Crippen molar-refractivity contribution in [1.29, 1.82) is 0 Å². The summed E-state index contributed by atoms with van der Waals surface area (Å²) >= 11 is 3.19. The fourth-order valence-corrected chi connectivity index (χ4v) is 2.22. The predicted octanol–water partition coefficient (Wildman–Crippen LogP) is 2.62. The average molecular weight is 357 g/mol. The normalized spacial score (nSPS) is 10.7. The summed E-state index contributed by atoms with van der Waals surface area (Å²) in [6, 6.07) is 4.56. The van der Waals surface area contributed by atoms with E-state index < -0.39 is 11.8 Å². The molecule has 0 saturated heterocycles. The van der Waals surface area contributed by atoms with E-state index in [-0.39, 0.29) is 36.8 Å². The van der Waals surface area contributed by atoms with Crippen LogP contribution in [-0.4, -0.2) is 33.8 Å². The molecule has 112 valence electrons. The molecule has 1 N–H and O–H groups in total. The van der Waals surface area contributed by atoms with Crippen molar-refractivity contribution in [1.82, 2.24) is 9.55 Å². The van der Waals surface area contributed by atoms with Crippen molar-refractivity contribution >= 4 is 21.9 Å². The Labute approximate surface area is 129 Å². The van der Waals surface area contributed by atoms with Gasteiger partial charge in [0.25, 0.3) is 0 Å². The maximum atomic E-state index is 14.1. The molecule has 0 radical (unpaired) electrons. The summed E-state index contributed by atoms with van der Waals surface area (Å²) in [6.45, 7) is 1.98. The monoisotopic (exact) mass is 356 g/mol. The summed E-state index contributed by atoms with van der Waals surface area (Å²) in [5, 5.41) is 9.09. The van der Waals surface area contributed by atoms with Gasteiger partial charge in [-0.15, -0.1) is 0 Å². The van der Waals surface area contributed by atoms with Gasteiger partial charge in [-0.2, -0.15) is 0 Å². The van der Waals surface area contributed by atoms with E-state index in [1.165, 1.54) is 16.8 Å². The van der Waals surface area contributed by atoms with Gasteiger partial charge in [0.2, 0.25) is 0 Å². The van der Waals surface area contributed by atoms with Crippen LogP contribution in [0.4, 0.5) is 4.39 Å². The molecule has 0 aliphatic carbocycles. The first kappa shape index (κ1) is 15.7. The lowest BCUT2D eigenvalue weighted by molar-refractivity contribution is 0.0520. The first-order valence-electron chi connectivity index (χ1n) is 6.37. The Bertz CT molecular complexity index is 658. The second kappa shape index (κ2) is 6.82. The molecule has 0 spiro atoms. The van der Waals surface area contributed by atoms with Crippen LogP contribution in [-0.2, 0) is 11.3 Å². The molecule has 0 fully saturated rings. The van der Waals surface area contributed by atoms with Crippen molar-refractivity contribution in [2.75, 3.05) is 13.2 Å². The Balaban J connectivity index is 2.48. The number of halogens is 2. The van der Waals surface area contributed by atoms with Crippen LogP contribution in [0.1, 0.15) is 17.4 Å². The fraction of sp³-hybridized carbons (Fsp3) is 0.286. The van der Waals surface area contributed by atoms with Crippen molar-refractivity contribution in [2.45, 2.75) is 13.5 Å². The topological polar surface area (TPSA) is 64.3 Å². The Morgan fingerprint density at radius 3 is 2.90 bits per heavy atom. The van der Waals surface area contributed by atoms with Gasteiger partial charge in [0, 0.05) is 17.2 Å². The molecule has 2 rings (SSSR count). The van der Waals surface area contributed by atoms with Gasteiger partial charge < -0.3 is 14.4 Å². The van der Waals surface area contributed by atoms with Crippen LogP contribution in [0.15, 0.2) is 28.9 Å². The molecule has 0 atom stereocenters. The van der Waals surface area contributed by atoms with Crippen molar-refractivity contribution in [2.24, 2.45) is 0 Å². The van der Waals surface area contributed by atoms with E-state index in [1.807, 2.05) is 0 Å². The highest BCUT2D eigenvalue weighted by molar-refractivity contribution is 9.10. The number of carbonyl (C=O) groups is 1. The molecular formula is C14H14BrFN2O3. The molecule has 0 amide bonds. The number of aliphatic hydroxyl groups is 1. The number of carbonyl (C=O) groups excluding carboxylic acids is 1. The number of hydrogen-bond donors (Lipinski definition) is 1. The quantitative estimate of drug-likeness (QED) is 0.836. The molecule has 0 saturated carbocycles. The summed E-state index contributed by atoms with van der Waals surface area (Å²) in [7, 11) is 0. The van der Waals surface area contributed by atoms with Gasteiger partial charge in [0.05, 0.1) is 18.8 Å². The van der Waals surface area contributed by atoms with Gasteiger partial charge in [0.15, 0.2) is 5.69 Å². The molecule has 1 aromatic heterocycles.